The molecule has 0 unspecified atom stereocenters. The first kappa shape index (κ1) is 23.0. The molecule has 1 aromatic carbocycles. The van der Waals surface area contributed by atoms with E-state index >= 15 is 0 Å². The van der Waals surface area contributed by atoms with Gasteiger partial charge in [-0.05, 0) is 44.5 Å². The van der Waals surface area contributed by atoms with Gasteiger partial charge in [0.1, 0.15) is 5.71 Å². The van der Waals surface area contributed by atoms with Gasteiger partial charge >= 0.3 is 6.18 Å². The summed E-state index contributed by atoms with van der Waals surface area (Å²) >= 11 is 1.67. The molecular weight excluding hydrogens is 463 g/mol. The lowest BCUT2D eigenvalue weighted by Crippen LogP contribution is -2.35. The molecule has 1 fully saturated rings. The van der Waals surface area contributed by atoms with Crippen molar-refractivity contribution in [2.45, 2.75) is 50.9 Å². The third kappa shape index (κ3) is 5.02. The van der Waals surface area contributed by atoms with Crippen LogP contribution in [-0.4, -0.2) is 45.0 Å². The SMILES string of the molecule is Cc1cc(C(F)(F)F)nn1CCN1CCC(c2nc(C3=NO[C@@H](c4ccccc4)C3)cs2)CC1. The number of aryl methyl sites for hydroxylation is 1. The Morgan fingerprint density at radius 1 is 1.12 bits per heavy atom. The Bertz CT molecular complexity index is 1150. The molecule has 4 heterocycles. The lowest BCUT2D eigenvalue weighted by molar-refractivity contribution is -0.141. The van der Waals surface area contributed by atoms with E-state index in [1.165, 1.54) is 4.68 Å². The van der Waals surface area contributed by atoms with E-state index in [-0.39, 0.29) is 6.10 Å². The van der Waals surface area contributed by atoms with E-state index in [0.717, 1.165) is 54.0 Å². The Labute approximate surface area is 200 Å². The number of alkyl halides is 3. The second-order valence-electron chi connectivity index (χ2n) is 8.83. The number of likely N-dealkylation sites (tertiary alicyclic amines) is 1. The van der Waals surface area contributed by atoms with E-state index in [4.69, 9.17) is 9.82 Å². The number of rotatable bonds is 6. The summed E-state index contributed by atoms with van der Waals surface area (Å²) in [5.41, 5.74) is 2.61. The summed E-state index contributed by atoms with van der Waals surface area (Å²) < 4.78 is 40.1. The monoisotopic (exact) mass is 489 g/mol. The second kappa shape index (κ2) is 9.50. The van der Waals surface area contributed by atoms with Gasteiger partial charge in [0.15, 0.2) is 11.8 Å². The summed E-state index contributed by atoms with van der Waals surface area (Å²) in [4.78, 5) is 12.8. The summed E-state index contributed by atoms with van der Waals surface area (Å²) in [7, 11) is 0. The van der Waals surface area contributed by atoms with Gasteiger partial charge in [0.2, 0.25) is 0 Å². The second-order valence-corrected chi connectivity index (χ2v) is 9.72. The summed E-state index contributed by atoms with van der Waals surface area (Å²) in [5, 5.41) is 11.2. The summed E-state index contributed by atoms with van der Waals surface area (Å²) in [6.45, 7) is 4.59. The molecule has 0 N–H and O–H groups in total. The Hall–Kier alpha value is -2.72. The molecule has 2 aliphatic heterocycles. The highest BCUT2D eigenvalue weighted by atomic mass is 32.1. The molecule has 34 heavy (non-hydrogen) atoms. The smallest absolute Gasteiger partial charge is 0.387 e. The van der Waals surface area contributed by atoms with Crippen LogP contribution in [0.4, 0.5) is 13.2 Å². The minimum absolute atomic E-state index is 0.0600. The number of benzene rings is 1. The number of halogens is 3. The maximum atomic E-state index is 12.9. The van der Waals surface area contributed by atoms with Crippen LogP contribution in [0.2, 0.25) is 0 Å². The standard InChI is InChI=1S/C24H26F3N5OS/c1-16-13-22(24(25,26)27)29-32(16)12-11-31-9-7-18(8-10-31)23-28-20(15-34-23)19-14-21(33-30-19)17-5-3-2-4-6-17/h2-6,13,15,18,21H,7-12,14H2,1H3/t21-/m1/s1. The molecule has 0 radical (unpaired) electrons. The summed E-state index contributed by atoms with van der Waals surface area (Å²) in [6.07, 6.45) is -1.79. The van der Waals surface area contributed by atoms with Crippen molar-refractivity contribution >= 4 is 17.0 Å². The number of nitrogens with zero attached hydrogens (tertiary/aromatic N) is 5. The quantitative estimate of drug-likeness (QED) is 0.465. The third-order valence-corrected chi connectivity index (χ3v) is 7.50. The van der Waals surface area contributed by atoms with Gasteiger partial charge < -0.3 is 9.74 Å². The molecule has 2 aliphatic rings. The zero-order valence-electron chi connectivity index (χ0n) is 18.8. The third-order valence-electron chi connectivity index (χ3n) is 6.49. The lowest BCUT2D eigenvalue weighted by Gasteiger charge is -2.31. The zero-order chi connectivity index (χ0) is 23.7. The maximum Gasteiger partial charge on any atom is 0.435 e. The van der Waals surface area contributed by atoms with Crippen LogP contribution in [0.3, 0.4) is 0 Å². The van der Waals surface area contributed by atoms with E-state index in [1.807, 2.05) is 30.3 Å². The molecule has 0 amide bonds. The van der Waals surface area contributed by atoms with Gasteiger partial charge in [-0.2, -0.15) is 18.3 Å². The van der Waals surface area contributed by atoms with Crippen molar-refractivity contribution in [1.82, 2.24) is 19.7 Å². The van der Waals surface area contributed by atoms with Gasteiger partial charge in [0.25, 0.3) is 0 Å². The molecule has 0 aliphatic carbocycles. The number of thiazole rings is 1. The van der Waals surface area contributed by atoms with Gasteiger partial charge in [-0.25, -0.2) is 4.98 Å². The predicted octanol–water partition coefficient (Wildman–Crippen LogP) is 5.41. The van der Waals surface area contributed by atoms with Gasteiger partial charge in [0, 0.05) is 30.0 Å². The first-order valence-electron chi connectivity index (χ1n) is 11.4. The molecule has 1 atom stereocenters. The molecule has 6 nitrogen and oxygen atoms in total. The predicted molar refractivity (Wildman–Crippen MR) is 124 cm³/mol. The number of piperidine rings is 1. The van der Waals surface area contributed by atoms with Crippen LogP contribution in [-0.2, 0) is 17.6 Å². The minimum Gasteiger partial charge on any atom is -0.387 e. The average Bonchev–Trinajstić information content (AvgIpc) is 3.58. The van der Waals surface area contributed by atoms with Gasteiger partial charge in [-0.1, -0.05) is 35.5 Å². The van der Waals surface area contributed by atoms with Crippen LogP contribution in [0.5, 0.6) is 0 Å². The number of hydrogen-bond donors (Lipinski definition) is 0. The molecule has 180 valence electrons. The van der Waals surface area contributed by atoms with Crippen LogP contribution in [0.1, 0.15) is 58.9 Å². The summed E-state index contributed by atoms with van der Waals surface area (Å²) in [6, 6.07) is 11.2. The van der Waals surface area contributed by atoms with Crippen LogP contribution in [0, 0.1) is 6.92 Å². The van der Waals surface area contributed by atoms with Crippen molar-refractivity contribution < 1.29 is 18.0 Å². The largest absolute Gasteiger partial charge is 0.435 e. The maximum absolute atomic E-state index is 12.9. The fourth-order valence-corrected chi connectivity index (χ4v) is 5.50. The molecule has 1 saturated heterocycles. The van der Waals surface area contributed by atoms with E-state index in [1.54, 1.807) is 18.3 Å². The first-order chi connectivity index (χ1) is 16.4. The molecule has 10 heteroatoms. The molecule has 0 bridgehead atoms. The van der Waals surface area contributed by atoms with Crippen LogP contribution in [0.15, 0.2) is 46.9 Å². The molecule has 0 spiro atoms. The molecule has 0 saturated carbocycles. The van der Waals surface area contributed by atoms with Crippen molar-refractivity contribution in [2.75, 3.05) is 19.6 Å². The van der Waals surface area contributed by atoms with Crippen LogP contribution in [0.25, 0.3) is 0 Å². The average molecular weight is 490 g/mol. The van der Waals surface area contributed by atoms with Crippen molar-refractivity contribution in [3.8, 4) is 0 Å². The van der Waals surface area contributed by atoms with Crippen molar-refractivity contribution in [3.63, 3.8) is 0 Å². The Balaban J connectivity index is 1.12. The highest BCUT2D eigenvalue weighted by Crippen LogP contribution is 2.34. The van der Waals surface area contributed by atoms with E-state index in [9.17, 15) is 13.2 Å². The Kier molecular flexibility index (Phi) is 6.44. The first-order valence-corrected chi connectivity index (χ1v) is 12.3. The van der Waals surface area contributed by atoms with Crippen LogP contribution < -0.4 is 0 Å². The summed E-state index contributed by atoms with van der Waals surface area (Å²) in [5.74, 6) is 0.395. The minimum atomic E-state index is -4.40. The Morgan fingerprint density at radius 3 is 2.59 bits per heavy atom. The number of oxime groups is 1. The van der Waals surface area contributed by atoms with Crippen molar-refractivity contribution in [1.29, 1.82) is 0 Å². The van der Waals surface area contributed by atoms with E-state index in [2.05, 4.69) is 20.5 Å². The van der Waals surface area contributed by atoms with Gasteiger partial charge in [0.05, 0.1) is 17.2 Å². The zero-order valence-corrected chi connectivity index (χ0v) is 19.6. The fourth-order valence-electron chi connectivity index (χ4n) is 4.50. The highest BCUT2D eigenvalue weighted by molar-refractivity contribution is 7.10. The molecule has 2 aromatic heterocycles. The molecule has 3 aromatic rings. The van der Waals surface area contributed by atoms with E-state index < -0.39 is 11.9 Å². The normalized spacial score (nSPS) is 19.9. The molecular formula is C24H26F3N5OS. The van der Waals surface area contributed by atoms with Crippen molar-refractivity contribution in [2.24, 2.45) is 5.16 Å². The number of hydrogen-bond acceptors (Lipinski definition) is 6. The van der Waals surface area contributed by atoms with Crippen molar-refractivity contribution in [3.05, 3.63) is 69.4 Å². The van der Waals surface area contributed by atoms with E-state index in [0.29, 0.717) is 31.1 Å². The Morgan fingerprint density at radius 2 is 1.88 bits per heavy atom. The van der Waals surface area contributed by atoms with Gasteiger partial charge in [-0.15, -0.1) is 11.3 Å². The molecule has 5 rings (SSSR count). The topological polar surface area (TPSA) is 55.5 Å². The number of aromatic nitrogens is 3. The van der Waals surface area contributed by atoms with Gasteiger partial charge in [-0.3, -0.25) is 4.68 Å². The lowest BCUT2D eigenvalue weighted by atomic mass is 9.97. The van der Waals surface area contributed by atoms with Crippen LogP contribution >= 0.6 is 11.3 Å². The fraction of sp³-hybridized carbons (Fsp3) is 0.458. The highest BCUT2D eigenvalue weighted by Gasteiger charge is 2.34.